The molecule has 4 nitrogen and oxygen atoms in total. The third-order valence-corrected chi connectivity index (χ3v) is 4.72. The molecule has 7 heteroatoms. The summed E-state index contributed by atoms with van der Waals surface area (Å²) in [6, 6.07) is 15.0. The van der Waals surface area contributed by atoms with E-state index in [9.17, 15) is 13.2 Å². The van der Waals surface area contributed by atoms with Crippen molar-refractivity contribution in [3.8, 4) is 0 Å². The quantitative estimate of drug-likeness (QED) is 0.421. The van der Waals surface area contributed by atoms with Gasteiger partial charge in [-0.2, -0.15) is 18.2 Å². The summed E-state index contributed by atoms with van der Waals surface area (Å²) in [5.41, 5.74) is 2.58. The van der Waals surface area contributed by atoms with E-state index in [-0.39, 0.29) is 11.8 Å². The fourth-order valence-corrected chi connectivity index (χ4v) is 3.02. The van der Waals surface area contributed by atoms with Crippen molar-refractivity contribution in [2.75, 3.05) is 10.6 Å². The summed E-state index contributed by atoms with van der Waals surface area (Å²) in [5, 5.41) is 5.79. The number of hydrogen-bond donors (Lipinski definition) is 2. The first-order chi connectivity index (χ1) is 14.4. The number of alkyl halides is 3. The molecule has 0 atom stereocenters. The Hall–Kier alpha value is -3.09. The molecule has 0 fully saturated rings. The second-order valence-electron chi connectivity index (χ2n) is 7.06. The lowest BCUT2D eigenvalue weighted by molar-refractivity contribution is -0.137. The van der Waals surface area contributed by atoms with Gasteiger partial charge in [0.05, 0.1) is 0 Å². The van der Waals surface area contributed by atoms with E-state index in [1.54, 1.807) is 12.1 Å². The summed E-state index contributed by atoms with van der Waals surface area (Å²) in [7, 11) is 0. The van der Waals surface area contributed by atoms with Crippen molar-refractivity contribution in [1.82, 2.24) is 9.97 Å². The van der Waals surface area contributed by atoms with Crippen LogP contribution in [-0.2, 0) is 19.0 Å². The summed E-state index contributed by atoms with van der Waals surface area (Å²) in [4.78, 5) is 7.97. The Morgan fingerprint density at radius 3 is 2.33 bits per heavy atom. The normalized spacial score (nSPS) is 11.4. The summed E-state index contributed by atoms with van der Waals surface area (Å²) < 4.78 is 40.4. The molecule has 0 bridgehead atoms. The number of unbranched alkanes of at least 4 members (excludes halogenated alkanes) is 1. The molecule has 0 radical (unpaired) electrons. The minimum absolute atomic E-state index is 0.0958. The van der Waals surface area contributed by atoms with Crippen molar-refractivity contribution in [1.29, 1.82) is 0 Å². The molecule has 0 spiro atoms. The van der Waals surface area contributed by atoms with E-state index in [1.165, 1.54) is 5.56 Å². The molecule has 0 aliphatic rings. The van der Waals surface area contributed by atoms with Gasteiger partial charge in [0.25, 0.3) is 0 Å². The van der Waals surface area contributed by atoms with Gasteiger partial charge in [-0.25, -0.2) is 4.98 Å². The number of benzene rings is 2. The van der Waals surface area contributed by atoms with Crippen molar-refractivity contribution in [2.45, 2.75) is 45.7 Å². The monoisotopic (exact) mass is 414 g/mol. The standard InChI is InChI=1S/C23H25F3N4/c1-3-5-7-17-10-12-18(13-11-17)29-22-27-15-20(23(24,25)26)21(30-22)28-19-9-6-8-16(4-2)14-19/h6,8-15H,3-5,7H2,1-2H3,(H2,27,28,29,30). The Bertz CT molecular complexity index is 969. The third-order valence-electron chi connectivity index (χ3n) is 4.72. The Morgan fingerprint density at radius 2 is 1.67 bits per heavy atom. The maximum Gasteiger partial charge on any atom is 0.421 e. The first-order valence-electron chi connectivity index (χ1n) is 10.0. The largest absolute Gasteiger partial charge is 0.421 e. The van der Waals surface area contributed by atoms with E-state index in [2.05, 4.69) is 27.5 Å². The minimum Gasteiger partial charge on any atom is -0.340 e. The van der Waals surface area contributed by atoms with Gasteiger partial charge in [-0.05, 0) is 54.7 Å². The summed E-state index contributed by atoms with van der Waals surface area (Å²) in [5.74, 6) is -0.189. The topological polar surface area (TPSA) is 49.8 Å². The van der Waals surface area contributed by atoms with Crippen LogP contribution < -0.4 is 10.6 Å². The Morgan fingerprint density at radius 1 is 0.900 bits per heavy atom. The van der Waals surface area contributed by atoms with E-state index >= 15 is 0 Å². The highest BCUT2D eigenvalue weighted by Crippen LogP contribution is 2.35. The van der Waals surface area contributed by atoms with Crippen LogP contribution in [0.2, 0.25) is 0 Å². The predicted molar refractivity (Wildman–Crippen MR) is 114 cm³/mol. The number of aromatic nitrogens is 2. The van der Waals surface area contributed by atoms with Crippen molar-refractivity contribution >= 4 is 23.1 Å². The maximum absolute atomic E-state index is 13.5. The van der Waals surface area contributed by atoms with Crippen LogP contribution in [0.15, 0.2) is 54.7 Å². The van der Waals surface area contributed by atoms with Gasteiger partial charge in [-0.3, -0.25) is 0 Å². The zero-order valence-corrected chi connectivity index (χ0v) is 17.1. The molecular formula is C23H25F3N4. The van der Waals surface area contributed by atoms with Gasteiger partial charge in [-0.1, -0.05) is 44.5 Å². The second kappa shape index (κ2) is 9.61. The van der Waals surface area contributed by atoms with Gasteiger partial charge in [0.2, 0.25) is 5.95 Å². The highest BCUT2D eigenvalue weighted by atomic mass is 19.4. The number of hydrogen-bond acceptors (Lipinski definition) is 4. The van der Waals surface area contributed by atoms with Crippen LogP contribution in [0.3, 0.4) is 0 Å². The first kappa shape index (κ1) is 21.6. The third kappa shape index (κ3) is 5.72. The Kier molecular flexibility index (Phi) is 6.92. The highest BCUT2D eigenvalue weighted by Gasteiger charge is 2.35. The summed E-state index contributed by atoms with van der Waals surface area (Å²) in [6.07, 6.45) is 0.255. The van der Waals surface area contributed by atoms with E-state index < -0.39 is 11.7 Å². The number of nitrogens with zero attached hydrogens (tertiary/aromatic N) is 2. The van der Waals surface area contributed by atoms with Gasteiger partial charge in [0, 0.05) is 17.6 Å². The van der Waals surface area contributed by atoms with Crippen LogP contribution in [0.25, 0.3) is 0 Å². The second-order valence-corrected chi connectivity index (χ2v) is 7.06. The van der Waals surface area contributed by atoms with Crippen LogP contribution >= 0.6 is 0 Å². The van der Waals surface area contributed by atoms with Crippen LogP contribution in [0.5, 0.6) is 0 Å². The zero-order chi connectivity index (χ0) is 21.6. The molecule has 158 valence electrons. The van der Waals surface area contributed by atoms with Gasteiger partial charge in [0.15, 0.2) is 0 Å². The van der Waals surface area contributed by atoms with E-state index in [1.807, 2.05) is 43.3 Å². The van der Waals surface area contributed by atoms with Crippen molar-refractivity contribution in [3.63, 3.8) is 0 Å². The molecule has 0 aliphatic carbocycles. The SMILES string of the molecule is CCCCc1ccc(Nc2ncc(C(F)(F)F)c(Nc3cccc(CC)c3)n2)cc1. The number of halogens is 3. The number of anilines is 4. The van der Waals surface area contributed by atoms with Crippen LogP contribution in [0, 0.1) is 0 Å². The number of nitrogens with one attached hydrogen (secondary N) is 2. The van der Waals surface area contributed by atoms with Gasteiger partial charge in [0.1, 0.15) is 11.4 Å². The molecule has 1 heterocycles. The molecule has 3 aromatic rings. The van der Waals surface area contributed by atoms with Crippen molar-refractivity contribution in [3.05, 3.63) is 71.4 Å². The number of rotatable bonds is 8. The van der Waals surface area contributed by atoms with Gasteiger partial charge < -0.3 is 10.6 Å². The smallest absolute Gasteiger partial charge is 0.340 e. The first-order valence-corrected chi connectivity index (χ1v) is 10.0. The lowest BCUT2D eigenvalue weighted by Crippen LogP contribution is -2.12. The molecule has 3 rings (SSSR count). The molecule has 0 unspecified atom stereocenters. The molecule has 0 saturated carbocycles. The average Bonchev–Trinajstić information content (AvgIpc) is 2.73. The summed E-state index contributed by atoms with van der Waals surface area (Å²) >= 11 is 0. The fraction of sp³-hybridized carbons (Fsp3) is 0.304. The van der Waals surface area contributed by atoms with E-state index in [0.717, 1.165) is 37.4 Å². The lowest BCUT2D eigenvalue weighted by atomic mass is 10.1. The van der Waals surface area contributed by atoms with Crippen molar-refractivity contribution < 1.29 is 13.2 Å². The van der Waals surface area contributed by atoms with E-state index in [0.29, 0.717) is 11.4 Å². The molecule has 0 amide bonds. The van der Waals surface area contributed by atoms with Gasteiger partial charge in [-0.15, -0.1) is 0 Å². The maximum atomic E-state index is 13.5. The van der Waals surface area contributed by atoms with Gasteiger partial charge >= 0.3 is 6.18 Å². The van der Waals surface area contributed by atoms with Crippen molar-refractivity contribution in [2.24, 2.45) is 0 Å². The lowest BCUT2D eigenvalue weighted by Gasteiger charge is -2.15. The molecule has 0 saturated heterocycles. The van der Waals surface area contributed by atoms with E-state index in [4.69, 9.17) is 0 Å². The zero-order valence-electron chi connectivity index (χ0n) is 17.1. The molecule has 30 heavy (non-hydrogen) atoms. The minimum atomic E-state index is -4.57. The average molecular weight is 414 g/mol. The Labute approximate surface area is 174 Å². The molecule has 2 aromatic carbocycles. The predicted octanol–water partition coefficient (Wildman–Crippen LogP) is 6.89. The fourth-order valence-electron chi connectivity index (χ4n) is 3.02. The van der Waals surface area contributed by atoms with Crippen LogP contribution in [0.1, 0.15) is 43.4 Å². The summed E-state index contributed by atoms with van der Waals surface area (Å²) in [6.45, 7) is 4.13. The number of aryl methyl sites for hydroxylation is 2. The molecule has 1 aromatic heterocycles. The van der Waals surface area contributed by atoms with Crippen LogP contribution in [0.4, 0.5) is 36.3 Å². The Balaban J connectivity index is 1.85. The molecular weight excluding hydrogens is 389 g/mol. The van der Waals surface area contributed by atoms with Crippen LogP contribution in [-0.4, -0.2) is 9.97 Å². The molecule has 0 aliphatic heterocycles. The molecule has 2 N–H and O–H groups in total. The highest BCUT2D eigenvalue weighted by molar-refractivity contribution is 5.63.